The summed E-state index contributed by atoms with van der Waals surface area (Å²) in [5.41, 5.74) is 4.64. The highest BCUT2D eigenvalue weighted by Gasteiger charge is 2.23. The highest BCUT2D eigenvalue weighted by Crippen LogP contribution is 2.27. The molecular weight excluding hydrogens is 328 g/mol. The van der Waals surface area contributed by atoms with Gasteiger partial charge >= 0.3 is 5.69 Å². The van der Waals surface area contributed by atoms with Crippen LogP contribution in [0.5, 0.6) is 0 Å². The van der Waals surface area contributed by atoms with Crippen LogP contribution in [0.1, 0.15) is 11.1 Å². The van der Waals surface area contributed by atoms with Crippen LogP contribution in [0.4, 0.5) is 0 Å². The quantitative estimate of drug-likeness (QED) is 0.657. The Morgan fingerprint density at radius 1 is 1.10 bits per heavy atom. The number of hydrogen-bond acceptors (Lipinski definition) is 1. The van der Waals surface area contributed by atoms with Crippen LogP contribution in [-0.4, -0.2) is 14.0 Å². The first kappa shape index (κ1) is 12.9. The lowest BCUT2D eigenvalue weighted by atomic mass is 10.0. The summed E-state index contributed by atoms with van der Waals surface area (Å²) in [6, 6.07) is 16.4. The molecule has 1 unspecified atom stereocenters. The van der Waals surface area contributed by atoms with Gasteiger partial charge in [0.25, 0.3) is 0 Å². The largest absolute Gasteiger partial charge is 0.329 e. The van der Waals surface area contributed by atoms with Crippen molar-refractivity contribution in [1.29, 1.82) is 0 Å². The Hall–Kier alpha value is -1.81. The number of hydrogen-bond donors (Lipinski definition) is 0. The number of nitrogens with zero attached hydrogens (tertiary/aromatic N) is 2. The molecule has 1 aliphatic rings. The monoisotopic (exact) mass is 342 g/mol. The number of alkyl halides is 1. The Labute approximate surface area is 131 Å². The van der Waals surface area contributed by atoms with Gasteiger partial charge in [-0.1, -0.05) is 58.4 Å². The molecule has 0 fully saturated rings. The van der Waals surface area contributed by atoms with Gasteiger partial charge in [0.15, 0.2) is 0 Å². The van der Waals surface area contributed by atoms with Crippen molar-refractivity contribution in [3.05, 3.63) is 70.1 Å². The van der Waals surface area contributed by atoms with Crippen molar-refractivity contribution in [3.63, 3.8) is 0 Å². The predicted octanol–water partition coefficient (Wildman–Crippen LogP) is 3.17. The Morgan fingerprint density at radius 3 is 2.71 bits per heavy atom. The van der Waals surface area contributed by atoms with Crippen LogP contribution in [0.15, 0.2) is 53.3 Å². The van der Waals surface area contributed by atoms with Crippen LogP contribution >= 0.6 is 15.9 Å². The van der Waals surface area contributed by atoms with Crippen molar-refractivity contribution in [2.24, 2.45) is 0 Å². The second-order valence-corrected chi connectivity index (χ2v) is 6.85. The molecule has 1 aromatic heterocycles. The first-order chi connectivity index (χ1) is 10.2. The van der Waals surface area contributed by atoms with Gasteiger partial charge in [0, 0.05) is 11.4 Å². The second kappa shape index (κ2) is 4.88. The van der Waals surface area contributed by atoms with Crippen LogP contribution in [0.25, 0.3) is 11.0 Å². The molecule has 0 amide bonds. The lowest BCUT2D eigenvalue weighted by Gasteiger charge is -2.18. The van der Waals surface area contributed by atoms with Gasteiger partial charge in [-0.05, 0) is 23.6 Å². The fourth-order valence-corrected chi connectivity index (χ4v) is 3.84. The van der Waals surface area contributed by atoms with E-state index in [4.69, 9.17) is 0 Å². The molecule has 0 bridgehead atoms. The van der Waals surface area contributed by atoms with E-state index >= 15 is 0 Å². The van der Waals surface area contributed by atoms with E-state index in [2.05, 4.69) is 34.1 Å². The van der Waals surface area contributed by atoms with Crippen LogP contribution < -0.4 is 5.69 Å². The Morgan fingerprint density at radius 2 is 1.90 bits per heavy atom. The van der Waals surface area contributed by atoms with E-state index in [1.165, 1.54) is 5.56 Å². The number of aromatic nitrogens is 2. The first-order valence-electron chi connectivity index (χ1n) is 7.13. The topological polar surface area (TPSA) is 26.9 Å². The number of halogens is 1. The molecule has 0 saturated heterocycles. The molecule has 1 aliphatic heterocycles. The van der Waals surface area contributed by atoms with Gasteiger partial charge in [0.05, 0.1) is 17.6 Å². The van der Waals surface area contributed by atoms with Crippen molar-refractivity contribution >= 4 is 27.0 Å². The van der Waals surface area contributed by atoms with Gasteiger partial charge < -0.3 is 0 Å². The van der Waals surface area contributed by atoms with Crippen LogP contribution in [0.2, 0.25) is 0 Å². The maximum Gasteiger partial charge on any atom is 0.329 e. The smallest absolute Gasteiger partial charge is 0.290 e. The van der Waals surface area contributed by atoms with Crippen LogP contribution in [-0.2, 0) is 19.5 Å². The molecule has 2 aromatic carbocycles. The molecule has 0 N–H and O–H groups in total. The Balaban J connectivity index is 1.94. The van der Waals surface area contributed by atoms with Gasteiger partial charge in [0.2, 0.25) is 0 Å². The summed E-state index contributed by atoms with van der Waals surface area (Å²) >= 11 is 3.66. The van der Waals surface area contributed by atoms with Crippen molar-refractivity contribution < 1.29 is 0 Å². The zero-order chi connectivity index (χ0) is 14.4. The molecule has 0 spiro atoms. The fourth-order valence-electron chi connectivity index (χ4n) is 3.21. The van der Waals surface area contributed by atoms with Crippen molar-refractivity contribution in [1.82, 2.24) is 9.13 Å². The lowest BCUT2D eigenvalue weighted by molar-refractivity contribution is 0.613. The fraction of sp³-hybridized carbons (Fsp3) is 0.235. The number of rotatable bonds is 2. The molecule has 1 atom stereocenters. The molecule has 0 aliphatic carbocycles. The average Bonchev–Trinajstić information content (AvgIpc) is 2.76. The van der Waals surface area contributed by atoms with Crippen molar-refractivity contribution in [2.75, 3.05) is 0 Å². The maximum absolute atomic E-state index is 12.8. The average molecular weight is 343 g/mol. The minimum absolute atomic E-state index is 0.0884. The molecule has 2 heterocycles. The molecule has 4 heteroatoms. The lowest BCUT2D eigenvalue weighted by Crippen LogP contribution is -2.30. The van der Waals surface area contributed by atoms with Gasteiger partial charge in [-0.2, -0.15) is 0 Å². The molecule has 0 radical (unpaired) electrons. The molecule has 21 heavy (non-hydrogen) atoms. The molecule has 0 saturated carbocycles. The SMILES string of the molecule is O=c1n(Cc2ccccc2)c2cccc3c2n1CC(Br)C3. The standard InChI is InChI=1S/C17H15BrN2O/c18-14-9-13-7-4-8-15-16(13)20(11-14)17(21)19(15)10-12-5-2-1-3-6-12/h1-8,14H,9-11H2. The Bertz CT molecular complexity index is 864. The zero-order valence-corrected chi connectivity index (χ0v) is 13.1. The summed E-state index contributed by atoms with van der Waals surface area (Å²) in [5, 5.41) is 0. The molecule has 106 valence electrons. The first-order valence-corrected chi connectivity index (χ1v) is 8.04. The van der Waals surface area contributed by atoms with Crippen molar-refractivity contribution in [2.45, 2.75) is 24.3 Å². The number of para-hydroxylation sites is 1. The summed E-state index contributed by atoms with van der Waals surface area (Å²) in [4.78, 5) is 13.1. The van der Waals surface area contributed by atoms with Gasteiger partial charge in [-0.25, -0.2) is 4.79 Å². The third kappa shape index (κ3) is 2.05. The van der Waals surface area contributed by atoms with E-state index in [-0.39, 0.29) is 5.69 Å². The summed E-state index contributed by atoms with van der Waals surface area (Å²) in [7, 11) is 0. The second-order valence-electron chi connectivity index (χ2n) is 5.55. The molecular formula is C17H15BrN2O. The summed E-state index contributed by atoms with van der Waals surface area (Å²) < 4.78 is 3.80. The molecule has 3 aromatic rings. The summed E-state index contributed by atoms with van der Waals surface area (Å²) in [6.07, 6.45) is 0.978. The minimum atomic E-state index is 0.0884. The highest BCUT2D eigenvalue weighted by atomic mass is 79.9. The van der Waals surface area contributed by atoms with E-state index in [1.54, 1.807) is 0 Å². The molecule has 4 rings (SSSR count). The summed E-state index contributed by atoms with van der Waals surface area (Å²) in [5.74, 6) is 0. The van der Waals surface area contributed by atoms with Gasteiger partial charge in [0.1, 0.15) is 0 Å². The van der Waals surface area contributed by atoms with Crippen LogP contribution in [0, 0.1) is 0 Å². The zero-order valence-electron chi connectivity index (χ0n) is 11.5. The number of imidazole rings is 1. The van der Waals surface area contributed by atoms with Gasteiger partial charge in [-0.3, -0.25) is 9.13 Å². The normalized spacial score (nSPS) is 17.3. The minimum Gasteiger partial charge on any atom is -0.290 e. The maximum atomic E-state index is 12.8. The highest BCUT2D eigenvalue weighted by molar-refractivity contribution is 9.09. The third-order valence-corrected chi connectivity index (χ3v) is 4.74. The van der Waals surface area contributed by atoms with Gasteiger partial charge in [-0.15, -0.1) is 0 Å². The Kier molecular flexibility index (Phi) is 3.00. The summed E-state index contributed by atoms with van der Waals surface area (Å²) in [6.45, 7) is 1.37. The van der Waals surface area contributed by atoms with E-state index in [9.17, 15) is 4.79 Å². The third-order valence-electron chi connectivity index (χ3n) is 4.13. The van der Waals surface area contributed by atoms with E-state index in [1.807, 2.05) is 39.5 Å². The van der Waals surface area contributed by atoms with E-state index < -0.39 is 0 Å². The van der Waals surface area contributed by atoms with Crippen molar-refractivity contribution in [3.8, 4) is 0 Å². The number of benzene rings is 2. The van der Waals surface area contributed by atoms with Crippen LogP contribution in [0.3, 0.4) is 0 Å². The van der Waals surface area contributed by atoms with E-state index in [0.29, 0.717) is 11.4 Å². The van der Waals surface area contributed by atoms with E-state index in [0.717, 1.165) is 29.6 Å². The molecule has 3 nitrogen and oxygen atoms in total. The predicted molar refractivity (Wildman–Crippen MR) is 88.2 cm³/mol.